The lowest BCUT2D eigenvalue weighted by Gasteiger charge is -2.28. The minimum Gasteiger partial charge on any atom is -0.490 e. The zero-order valence-electron chi connectivity index (χ0n) is 19.1. The number of benzene rings is 1. The fourth-order valence-electron chi connectivity index (χ4n) is 4.86. The number of Topliss-reactive ketones (excluding diaryl/α,β-unsaturated/α-hetero) is 1. The Morgan fingerprint density at radius 1 is 1.00 bits per heavy atom. The summed E-state index contributed by atoms with van der Waals surface area (Å²) in [7, 11) is -3.00. The van der Waals surface area contributed by atoms with Crippen LogP contribution in [-0.4, -0.2) is 31.3 Å². The van der Waals surface area contributed by atoms with Gasteiger partial charge in [0, 0.05) is 12.3 Å². The highest BCUT2D eigenvalue weighted by Gasteiger charge is 2.30. The van der Waals surface area contributed by atoms with Crippen LogP contribution in [0.15, 0.2) is 12.1 Å². The quantitative estimate of drug-likeness (QED) is 0.552. The lowest BCUT2D eigenvalue weighted by atomic mass is 9.79. The number of carbonyl (C=O) groups excluding carboxylic acids is 1. The smallest absolute Gasteiger partial charge is 0.152 e. The molecule has 0 unspecified atom stereocenters. The summed E-state index contributed by atoms with van der Waals surface area (Å²) in [5.74, 6) is 1.80. The van der Waals surface area contributed by atoms with Gasteiger partial charge in [-0.05, 0) is 108 Å². The molecule has 0 atom stereocenters. The van der Waals surface area contributed by atoms with E-state index in [1.807, 2.05) is 6.07 Å². The maximum absolute atomic E-state index is 12.9. The number of sulfone groups is 1. The van der Waals surface area contributed by atoms with Crippen LogP contribution in [0.25, 0.3) is 0 Å². The van der Waals surface area contributed by atoms with Gasteiger partial charge in [-0.3, -0.25) is 4.79 Å². The topological polar surface area (TPSA) is 60.4 Å². The monoisotopic (exact) mass is 434 g/mol. The van der Waals surface area contributed by atoms with E-state index in [0.717, 1.165) is 61.0 Å². The lowest BCUT2D eigenvalue weighted by Crippen LogP contribution is -2.29. The maximum Gasteiger partial charge on any atom is 0.152 e. The summed E-state index contributed by atoms with van der Waals surface area (Å²) >= 11 is 0. The maximum atomic E-state index is 12.9. The second-order valence-corrected chi connectivity index (χ2v) is 12.3. The third-order valence-electron chi connectivity index (χ3n) is 7.30. The van der Waals surface area contributed by atoms with Gasteiger partial charge >= 0.3 is 0 Å². The molecule has 2 aliphatic carbocycles. The van der Waals surface area contributed by atoms with E-state index in [1.54, 1.807) is 13.8 Å². The fraction of sp³-hybridized carbons (Fsp3) is 0.720. The van der Waals surface area contributed by atoms with E-state index in [2.05, 4.69) is 19.9 Å². The van der Waals surface area contributed by atoms with Crippen molar-refractivity contribution in [2.75, 3.05) is 5.75 Å². The molecule has 168 valence electrons. The van der Waals surface area contributed by atoms with Crippen molar-refractivity contribution in [3.05, 3.63) is 28.8 Å². The highest BCUT2D eigenvalue weighted by atomic mass is 32.2. The van der Waals surface area contributed by atoms with Crippen LogP contribution in [0.3, 0.4) is 0 Å². The molecule has 0 heterocycles. The molecule has 0 bridgehead atoms. The van der Waals surface area contributed by atoms with Crippen LogP contribution in [0.2, 0.25) is 0 Å². The number of hydrogen-bond acceptors (Lipinski definition) is 4. The van der Waals surface area contributed by atoms with Gasteiger partial charge in [0.05, 0.1) is 17.1 Å². The van der Waals surface area contributed by atoms with Gasteiger partial charge in [-0.15, -0.1) is 0 Å². The molecule has 0 radical (unpaired) electrons. The van der Waals surface area contributed by atoms with Crippen LogP contribution in [-0.2, 0) is 21.1 Å². The zero-order chi connectivity index (χ0) is 21.9. The first-order chi connectivity index (χ1) is 14.2. The molecule has 1 aromatic rings. The summed E-state index contributed by atoms with van der Waals surface area (Å²) in [6.45, 7) is 7.68. The molecule has 0 spiro atoms. The molecule has 30 heavy (non-hydrogen) atoms. The van der Waals surface area contributed by atoms with E-state index in [1.165, 1.54) is 12.8 Å². The molecular weight excluding hydrogens is 396 g/mol. The zero-order valence-corrected chi connectivity index (χ0v) is 19.9. The normalized spacial score (nSPS) is 23.1. The van der Waals surface area contributed by atoms with Gasteiger partial charge in [-0.2, -0.15) is 0 Å². The molecule has 0 aliphatic heterocycles. The minimum atomic E-state index is -3.00. The van der Waals surface area contributed by atoms with E-state index >= 15 is 0 Å². The third kappa shape index (κ3) is 5.66. The Bertz CT molecular complexity index is 842. The molecule has 3 rings (SSSR count). The number of ketones is 1. The third-order valence-corrected chi connectivity index (χ3v) is 9.67. The van der Waals surface area contributed by atoms with E-state index in [4.69, 9.17) is 4.74 Å². The minimum absolute atomic E-state index is 0.0668. The van der Waals surface area contributed by atoms with Gasteiger partial charge in [-0.1, -0.05) is 6.07 Å². The van der Waals surface area contributed by atoms with Crippen molar-refractivity contribution in [2.24, 2.45) is 11.8 Å². The predicted molar refractivity (Wildman–Crippen MR) is 122 cm³/mol. The van der Waals surface area contributed by atoms with Gasteiger partial charge in [0.1, 0.15) is 11.5 Å². The lowest BCUT2D eigenvalue weighted by molar-refractivity contribution is -0.123. The van der Waals surface area contributed by atoms with E-state index in [-0.39, 0.29) is 22.8 Å². The van der Waals surface area contributed by atoms with Crippen LogP contribution < -0.4 is 4.74 Å². The largest absolute Gasteiger partial charge is 0.490 e. The SMILES string of the molecule is Cc1c(CC(=O)C2CCC(CS(=O)(=O)C(C)C)CC2)ccc(OC2CCCC2)c1C. The van der Waals surface area contributed by atoms with Gasteiger partial charge in [0.25, 0.3) is 0 Å². The van der Waals surface area contributed by atoms with Crippen molar-refractivity contribution in [3.8, 4) is 5.75 Å². The molecule has 5 heteroatoms. The van der Waals surface area contributed by atoms with Crippen molar-refractivity contribution in [1.29, 1.82) is 0 Å². The first-order valence-corrected chi connectivity index (χ1v) is 13.4. The van der Waals surface area contributed by atoms with Crippen LogP contribution >= 0.6 is 0 Å². The second-order valence-electron chi connectivity index (χ2n) is 9.74. The summed E-state index contributed by atoms with van der Waals surface area (Å²) in [5, 5.41) is -0.316. The second kappa shape index (κ2) is 9.84. The number of hydrogen-bond donors (Lipinski definition) is 0. The van der Waals surface area contributed by atoms with Gasteiger partial charge in [-0.25, -0.2) is 8.42 Å². The molecular formula is C25H38O4S. The summed E-state index contributed by atoms with van der Waals surface area (Å²) < 4.78 is 30.6. The van der Waals surface area contributed by atoms with Crippen LogP contribution in [0.4, 0.5) is 0 Å². The number of ether oxygens (including phenoxy) is 1. The molecule has 1 aromatic carbocycles. The standard InChI is InChI=1S/C25H38O4S/c1-17(2)30(27,28)16-20-9-11-21(12-10-20)24(26)15-22-13-14-25(19(4)18(22)3)29-23-7-5-6-8-23/h13-14,17,20-21,23H,5-12,15-16H2,1-4H3. The molecule has 2 aliphatic rings. The van der Waals surface area contributed by atoms with Crippen molar-refractivity contribution in [3.63, 3.8) is 0 Å². The van der Waals surface area contributed by atoms with Crippen molar-refractivity contribution < 1.29 is 17.9 Å². The summed E-state index contributed by atoms with van der Waals surface area (Å²) in [4.78, 5) is 12.9. The molecule has 4 nitrogen and oxygen atoms in total. The molecule has 0 aromatic heterocycles. The fourth-order valence-corrected chi connectivity index (χ4v) is 6.24. The average molecular weight is 435 g/mol. The highest BCUT2D eigenvalue weighted by Crippen LogP contribution is 2.33. The Hall–Kier alpha value is -1.36. The summed E-state index contributed by atoms with van der Waals surface area (Å²) in [6, 6.07) is 4.10. The molecule has 0 amide bonds. The average Bonchev–Trinajstić information content (AvgIpc) is 3.21. The van der Waals surface area contributed by atoms with Crippen LogP contribution in [0.5, 0.6) is 5.75 Å². The van der Waals surface area contributed by atoms with E-state index in [9.17, 15) is 13.2 Å². The van der Waals surface area contributed by atoms with Crippen LogP contribution in [0.1, 0.15) is 81.9 Å². The molecule has 2 fully saturated rings. The van der Waals surface area contributed by atoms with Crippen molar-refractivity contribution in [1.82, 2.24) is 0 Å². The van der Waals surface area contributed by atoms with Gasteiger partial charge < -0.3 is 4.74 Å². The molecule has 0 saturated heterocycles. The Labute approximate surface area is 182 Å². The Kier molecular flexibility index (Phi) is 7.65. The molecule has 2 saturated carbocycles. The first kappa shape index (κ1) is 23.3. The van der Waals surface area contributed by atoms with Crippen molar-refractivity contribution >= 4 is 15.6 Å². The Balaban J connectivity index is 1.55. The molecule has 0 N–H and O–H groups in total. The summed E-state index contributed by atoms with van der Waals surface area (Å²) in [5.41, 5.74) is 3.41. The summed E-state index contributed by atoms with van der Waals surface area (Å²) in [6.07, 6.45) is 8.90. The van der Waals surface area contributed by atoms with Gasteiger partial charge in [0.15, 0.2) is 9.84 Å². The number of rotatable bonds is 8. The van der Waals surface area contributed by atoms with Gasteiger partial charge in [0.2, 0.25) is 0 Å². The Morgan fingerprint density at radius 2 is 1.63 bits per heavy atom. The Morgan fingerprint density at radius 3 is 2.23 bits per heavy atom. The van der Waals surface area contributed by atoms with Crippen LogP contribution in [0, 0.1) is 25.7 Å². The number of carbonyl (C=O) groups is 1. The van der Waals surface area contributed by atoms with E-state index < -0.39 is 9.84 Å². The van der Waals surface area contributed by atoms with E-state index in [0.29, 0.717) is 18.3 Å². The predicted octanol–water partition coefficient (Wildman–Crippen LogP) is 5.37. The first-order valence-electron chi connectivity index (χ1n) is 11.7. The highest BCUT2D eigenvalue weighted by molar-refractivity contribution is 7.91. The van der Waals surface area contributed by atoms with Crippen molar-refractivity contribution in [2.45, 2.75) is 96.8 Å².